The van der Waals surface area contributed by atoms with Crippen LogP contribution in [-0.4, -0.2) is 62.3 Å². The van der Waals surface area contributed by atoms with Gasteiger partial charge < -0.3 is 15.4 Å². The van der Waals surface area contributed by atoms with Crippen LogP contribution in [0, 0.1) is 11.8 Å². The minimum absolute atomic E-state index is 0.0637. The molecule has 2 heterocycles. The van der Waals surface area contributed by atoms with Gasteiger partial charge in [-0.3, -0.25) is 9.69 Å². The lowest BCUT2D eigenvalue weighted by molar-refractivity contribution is -0.122. The molecule has 0 saturated carbocycles. The summed E-state index contributed by atoms with van der Waals surface area (Å²) in [7, 11) is 0. The van der Waals surface area contributed by atoms with Crippen LogP contribution >= 0.6 is 0 Å². The van der Waals surface area contributed by atoms with Crippen LogP contribution in [0.5, 0.6) is 0 Å². The molecular formula is C17H33N3O2. The third-order valence-electron chi connectivity index (χ3n) is 4.95. The summed E-state index contributed by atoms with van der Waals surface area (Å²) in [5.74, 6) is 1.40. The van der Waals surface area contributed by atoms with Crippen molar-refractivity contribution in [3.05, 3.63) is 0 Å². The first-order valence-corrected chi connectivity index (χ1v) is 8.80. The predicted octanol–water partition coefficient (Wildman–Crippen LogP) is 1.24. The maximum Gasteiger partial charge on any atom is 0.220 e. The topological polar surface area (TPSA) is 53.6 Å². The van der Waals surface area contributed by atoms with E-state index in [-0.39, 0.29) is 11.5 Å². The maximum absolute atomic E-state index is 12.1. The Balaban J connectivity index is 1.61. The molecule has 5 nitrogen and oxygen atoms in total. The number of amides is 1. The molecule has 0 aromatic heterocycles. The quantitative estimate of drug-likeness (QED) is 0.775. The first-order valence-electron chi connectivity index (χ1n) is 8.80. The van der Waals surface area contributed by atoms with Gasteiger partial charge >= 0.3 is 0 Å². The molecule has 22 heavy (non-hydrogen) atoms. The van der Waals surface area contributed by atoms with E-state index in [0.717, 1.165) is 45.9 Å². The minimum Gasteiger partial charge on any atom is -0.373 e. The fraction of sp³-hybridized carbons (Fsp3) is 0.941. The Morgan fingerprint density at radius 1 is 1.41 bits per heavy atom. The van der Waals surface area contributed by atoms with Crippen molar-refractivity contribution in [3.63, 3.8) is 0 Å². The van der Waals surface area contributed by atoms with E-state index in [0.29, 0.717) is 18.3 Å². The molecule has 0 radical (unpaired) electrons. The van der Waals surface area contributed by atoms with Crippen molar-refractivity contribution in [1.29, 1.82) is 0 Å². The lowest BCUT2D eigenvalue weighted by atomic mass is 9.84. The molecule has 0 aromatic rings. The average molecular weight is 311 g/mol. The van der Waals surface area contributed by atoms with Gasteiger partial charge in [0.1, 0.15) is 0 Å². The smallest absolute Gasteiger partial charge is 0.220 e. The molecule has 2 rings (SSSR count). The van der Waals surface area contributed by atoms with Crippen LogP contribution in [0.1, 0.15) is 40.0 Å². The average Bonchev–Trinajstić information content (AvgIpc) is 2.47. The molecule has 0 aromatic carbocycles. The van der Waals surface area contributed by atoms with Crippen LogP contribution in [0.15, 0.2) is 0 Å². The highest BCUT2D eigenvalue weighted by atomic mass is 16.5. The van der Waals surface area contributed by atoms with Gasteiger partial charge in [0, 0.05) is 32.6 Å². The standard InChI is InChI=1S/C17H33N3O2/c1-14(15-4-6-18-7-5-15)12-16(21)19-8-9-20-10-11-22-17(2,3)13-20/h14-15,18H,4-13H2,1-3H3,(H,19,21). The summed E-state index contributed by atoms with van der Waals surface area (Å²) in [6.07, 6.45) is 3.08. The number of carbonyl (C=O) groups excluding carboxylic acids is 1. The normalized spacial score (nSPS) is 24.9. The lowest BCUT2D eigenvalue weighted by Gasteiger charge is -2.38. The molecule has 1 atom stereocenters. The Kier molecular flexibility index (Phi) is 6.66. The van der Waals surface area contributed by atoms with E-state index in [1.165, 1.54) is 12.8 Å². The molecular weight excluding hydrogens is 278 g/mol. The van der Waals surface area contributed by atoms with Crippen molar-refractivity contribution < 1.29 is 9.53 Å². The summed E-state index contributed by atoms with van der Waals surface area (Å²) >= 11 is 0. The van der Waals surface area contributed by atoms with Gasteiger partial charge in [-0.25, -0.2) is 0 Å². The monoisotopic (exact) mass is 311 g/mol. The second-order valence-corrected chi connectivity index (χ2v) is 7.50. The van der Waals surface area contributed by atoms with Crippen LogP contribution in [-0.2, 0) is 9.53 Å². The van der Waals surface area contributed by atoms with Crippen LogP contribution in [0.4, 0.5) is 0 Å². The first kappa shape index (κ1) is 17.7. The molecule has 0 bridgehead atoms. The van der Waals surface area contributed by atoms with Gasteiger partial charge in [-0.1, -0.05) is 6.92 Å². The van der Waals surface area contributed by atoms with E-state index >= 15 is 0 Å². The number of piperidine rings is 1. The predicted molar refractivity (Wildman–Crippen MR) is 88.9 cm³/mol. The van der Waals surface area contributed by atoms with E-state index in [1.807, 2.05) is 0 Å². The van der Waals surface area contributed by atoms with E-state index in [4.69, 9.17) is 4.74 Å². The molecule has 2 N–H and O–H groups in total. The number of carbonyl (C=O) groups is 1. The Hall–Kier alpha value is -0.650. The highest BCUT2D eigenvalue weighted by molar-refractivity contribution is 5.76. The zero-order chi connectivity index (χ0) is 16.0. The Morgan fingerprint density at radius 2 is 2.14 bits per heavy atom. The van der Waals surface area contributed by atoms with Gasteiger partial charge in [-0.2, -0.15) is 0 Å². The van der Waals surface area contributed by atoms with E-state index < -0.39 is 0 Å². The SMILES string of the molecule is CC(CC(=O)NCCN1CCOC(C)(C)C1)C1CCNCC1. The highest BCUT2D eigenvalue weighted by Gasteiger charge is 2.27. The number of morpholine rings is 1. The largest absolute Gasteiger partial charge is 0.373 e. The number of nitrogens with one attached hydrogen (secondary N) is 2. The van der Waals surface area contributed by atoms with Gasteiger partial charge in [-0.05, 0) is 51.6 Å². The molecule has 5 heteroatoms. The highest BCUT2D eigenvalue weighted by Crippen LogP contribution is 2.24. The summed E-state index contributed by atoms with van der Waals surface area (Å²) in [4.78, 5) is 14.5. The number of hydrogen-bond acceptors (Lipinski definition) is 4. The summed E-state index contributed by atoms with van der Waals surface area (Å²) in [6.45, 7) is 13.0. The minimum atomic E-state index is -0.0637. The van der Waals surface area contributed by atoms with Crippen molar-refractivity contribution in [3.8, 4) is 0 Å². The molecule has 0 spiro atoms. The number of nitrogens with zero attached hydrogens (tertiary/aromatic N) is 1. The Bertz CT molecular complexity index is 354. The molecule has 1 amide bonds. The fourth-order valence-electron chi connectivity index (χ4n) is 3.60. The third kappa shape index (κ3) is 5.86. The van der Waals surface area contributed by atoms with Crippen molar-refractivity contribution in [2.24, 2.45) is 11.8 Å². The number of rotatable bonds is 6. The summed E-state index contributed by atoms with van der Waals surface area (Å²) in [5, 5.41) is 6.47. The van der Waals surface area contributed by atoms with E-state index in [9.17, 15) is 4.79 Å². The summed E-state index contributed by atoms with van der Waals surface area (Å²) in [6, 6.07) is 0. The van der Waals surface area contributed by atoms with Crippen LogP contribution < -0.4 is 10.6 Å². The van der Waals surface area contributed by atoms with Crippen molar-refractivity contribution in [2.75, 3.05) is 45.9 Å². The van der Waals surface area contributed by atoms with Crippen molar-refractivity contribution in [2.45, 2.75) is 45.6 Å². The zero-order valence-electron chi connectivity index (χ0n) is 14.5. The van der Waals surface area contributed by atoms with Gasteiger partial charge in [0.25, 0.3) is 0 Å². The molecule has 0 aliphatic carbocycles. The van der Waals surface area contributed by atoms with Gasteiger partial charge in [-0.15, -0.1) is 0 Å². The van der Waals surface area contributed by atoms with Crippen LogP contribution in [0.3, 0.4) is 0 Å². The van der Waals surface area contributed by atoms with Gasteiger partial charge in [0.05, 0.1) is 12.2 Å². The van der Waals surface area contributed by atoms with Crippen molar-refractivity contribution in [1.82, 2.24) is 15.5 Å². The van der Waals surface area contributed by atoms with Crippen molar-refractivity contribution >= 4 is 5.91 Å². The number of hydrogen-bond donors (Lipinski definition) is 2. The Morgan fingerprint density at radius 3 is 2.82 bits per heavy atom. The van der Waals surface area contributed by atoms with Crippen LogP contribution in [0.25, 0.3) is 0 Å². The third-order valence-corrected chi connectivity index (χ3v) is 4.95. The molecule has 128 valence electrons. The summed E-state index contributed by atoms with van der Waals surface area (Å²) in [5.41, 5.74) is -0.0637. The second-order valence-electron chi connectivity index (χ2n) is 7.50. The number of ether oxygens (including phenoxy) is 1. The fourth-order valence-corrected chi connectivity index (χ4v) is 3.60. The van der Waals surface area contributed by atoms with E-state index in [2.05, 4.69) is 36.3 Å². The molecule has 1 unspecified atom stereocenters. The zero-order valence-corrected chi connectivity index (χ0v) is 14.5. The van der Waals surface area contributed by atoms with Gasteiger partial charge in [0.2, 0.25) is 5.91 Å². The van der Waals surface area contributed by atoms with E-state index in [1.54, 1.807) is 0 Å². The summed E-state index contributed by atoms with van der Waals surface area (Å²) < 4.78 is 5.71. The Labute approximate surface area is 135 Å². The molecule has 2 saturated heterocycles. The van der Waals surface area contributed by atoms with Gasteiger partial charge in [0.15, 0.2) is 0 Å². The van der Waals surface area contributed by atoms with Crippen LogP contribution in [0.2, 0.25) is 0 Å². The molecule has 2 fully saturated rings. The maximum atomic E-state index is 12.1. The molecule has 2 aliphatic heterocycles. The first-order chi connectivity index (χ1) is 10.5. The second kappa shape index (κ2) is 8.27. The molecule has 2 aliphatic rings. The lowest BCUT2D eigenvalue weighted by Crippen LogP contribution is -2.50.